The largest absolute Gasteiger partial charge is 0.379 e. The SMILES string of the molecule is CC(C)n1cncc1CNc1ccc(SC(F)F)cc1. The lowest BCUT2D eigenvalue weighted by molar-refractivity contribution is 0.252. The fourth-order valence-corrected chi connectivity index (χ4v) is 2.38. The van der Waals surface area contributed by atoms with E-state index in [9.17, 15) is 8.78 Å². The normalized spacial score (nSPS) is 11.3. The van der Waals surface area contributed by atoms with Gasteiger partial charge in [0.2, 0.25) is 0 Å². The van der Waals surface area contributed by atoms with Crippen molar-refractivity contribution < 1.29 is 8.78 Å². The van der Waals surface area contributed by atoms with Crippen LogP contribution in [0.1, 0.15) is 25.6 Å². The molecule has 0 atom stereocenters. The average molecular weight is 297 g/mol. The van der Waals surface area contributed by atoms with Crippen molar-refractivity contribution in [1.82, 2.24) is 9.55 Å². The van der Waals surface area contributed by atoms with Crippen molar-refractivity contribution in [2.75, 3.05) is 5.32 Å². The molecule has 2 rings (SSSR count). The molecule has 108 valence electrons. The Morgan fingerprint density at radius 2 is 1.95 bits per heavy atom. The predicted octanol–water partition coefficient (Wildman–Crippen LogP) is 4.39. The van der Waals surface area contributed by atoms with Gasteiger partial charge in [-0.3, -0.25) is 0 Å². The zero-order valence-corrected chi connectivity index (χ0v) is 12.2. The van der Waals surface area contributed by atoms with E-state index in [1.807, 2.05) is 12.5 Å². The summed E-state index contributed by atoms with van der Waals surface area (Å²) in [4.78, 5) is 4.71. The molecule has 1 aromatic heterocycles. The second-order valence-electron chi connectivity index (χ2n) is 4.64. The molecule has 0 aliphatic carbocycles. The second kappa shape index (κ2) is 6.74. The summed E-state index contributed by atoms with van der Waals surface area (Å²) < 4.78 is 26.5. The first kappa shape index (κ1) is 14.8. The molecule has 1 aromatic carbocycles. The third kappa shape index (κ3) is 3.96. The van der Waals surface area contributed by atoms with Crippen molar-refractivity contribution in [3.63, 3.8) is 0 Å². The van der Waals surface area contributed by atoms with Crippen LogP contribution in [-0.4, -0.2) is 15.3 Å². The fraction of sp³-hybridized carbons (Fsp3) is 0.357. The number of alkyl halides is 2. The van der Waals surface area contributed by atoms with Gasteiger partial charge in [-0.05, 0) is 38.1 Å². The van der Waals surface area contributed by atoms with Crippen LogP contribution in [0.25, 0.3) is 0 Å². The van der Waals surface area contributed by atoms with Crippen LogP contribution >= 0.6 is 11.8 Å². The van der Waals surface area contributed by atoms with Crippen molar-refractivity contribution in [2.24, 2.45) is 0 Å². The Kier molecular flexibility index (Phi) is 5.00. The molecule has 6 heteroatoms. The van der Waals surface area contributed by atoms with Crippen molar-refractivity contribution in [2.45, 2.75) is 37.1 Å². The molecular weight excluding hydrogens is 280 g/mol. The smallest absolute Gasteiger partial charge is 0.288 e. The van der Waals surface area contributed by atoms with Crippen molar-refractivity contribution in [3.05, 3.63) is 42.5 Å². The number of anilines is 1. The highest BCUT2D eigenvalue weighted by Gasteiger charge is 2.06. The summed E-state index contributed by atoms with van der Waals surface area (Å²) in [7, 11) is 0. The standard InChI is InChI=1S/C14H17F2N3S/c1-10(2)19-9-17-7-12(19)8-18-11-3-5-13(6-4-11)20-14(15)16/h3-7,9-10,14,18H,8H2,1-2H3. The van der Waals surface area contributed by atoms with Gasteiger partial charge in [0, 0.05) is 22.8 Å². The molecule has 0 radical (unpaired) electrons. The van der Waals surface area contributed by atoms with E-state index >= 15 is 0 Å². The minimum absolute atomic E-state index is 0.360. The van der Waals surface area contributed by atoms with Gasteiger partial charge in [0.05, 0.1) is 18.6 Å². The highest BCUT2D eigenvalue weighted by atomic mass is 32.2. The molecule has 2 aromatic rings. The summed E-state index contributed by atoms with van der Waals surface area (Å²) in [6.45, 7) is 4.85. The average Bonchev–Trinajstić information content (AvgIpc) is 2.86. The number of aromatic nitrogens is 2. The highest BCUT2D eigenvalue weighted by molar-refractivity contribution is 7.99. The predicted molar refractivity (Wildman–Crippen MR) is 78.2 cm³/mol. The molecule has 0 fully saturated rings. The molecule has 20 heavy (non-hydrogen) atoms. The van der Waals surface area contributed by atoms with E-state index in [-0.39, 0.29) is 0 Å². The minimum Gasteiger partial charge on any atom is -0.379 e. The number of rotatable bonds is 6. The van der Waals surface area contributed by atoms with Crippen LogP contribution in [0.5, 0.6) is 0 Å². The molecule has 0 aliphatic heterocycles. The van der Waals surface area contributed by atoms with Crippen LogP contribution in [0.15, 0.2) is 41.7 Å². The van der Waals surface area contributed by atoms with E-state index < -0.39 is 5.76 Å². The number of nitrogens with one attached hydrogen (secondary N) is 1. The Morgan fingerprint density at radius 3 is 2.55 bits per heavy atom. The fourth-order valence-electron chi connectivity index (χ4n) is 1.88. The number of thioether (sulfide) groups is 1. The van der Waals surface area contributed by atoms with E-state index in [0.29, 0.717) is 29.2 Å². The maximum Gasteiger partial charge on any atom is 0.288 e. The molecule has 0 saturated heterocycles. The van der Waals surface area contributed by atoms with Crippen molar-refractivity contribution in [1.29, 1.82) is 0 Å². The van der Waals surface area contributed by atoms with Crippen LogP contribution < -0.4 is 5.32 Å². The van der Waals surface area contributed by atoms with Crippen molar-refractivity contribution >= 4 is 17.4 Å². The first-order valence-corrected chi connectivity index (χ1v) is 7.23. The first-order chi connectivity index (χ1) is 9.56. The van der Waals surface area contributed by atoms with Gasteiger partial charge >= 0.3 is 0 Å². The maximum absolute atomic E-state index is 12.2. The molecule has 0 saturated carbocycles. The van der Waals surface area contributed by atoms with Crippen molar-refractivity contribution in [3.8, 4) is 0 Å². The highest BCUT2D eigenvalue weighted by Crippen LogP contribution is 2.26. The zero-order valence-electron chi connectivity index (χ0n) is 11.4. The summed E-state index contributed by atoms with van der Waals surface area (Å²) >= 11 is 0.554. The van der Waals surface area contributed by atoms with E-state index in [2.05, 4.69) is 28.7 Å². The Hall–Kier alpha value is -1.56. The van der Waals surface area contributed by atoms with Gasteiger partial charge in [0.25, 0.3) is 5.76 Å². The van der Waals surface area contributed by atoms with E-state index in [0.717, 1.165) is 11.4 Å². The lowest BCUT2D eigenvalue weighted by atomic mass is 10.3. The number of imidazole rings is 1. The molecular formula is C14H17F2N3S. The molecule has 1 heterocycles. The summed E-state index contributed by atoms with van der Waals surface area (Å²) in [6.07, 6.45) is 3.64. The van der Waals surface area contributed by atoms with Gasteiger partial charge < -0.3 is 9.88 Å². The zero-order chi connectivity index (χ0) is 14.5. The number of halogens is 2. The lowest BCUT2D eigenvalue weighted by Gasteiger charge is -2.13. The van der Waals surface area contributed by atoms with Crippen LogP contribution in [0, 0.1) is 0 Å². The summed E-state index contributed by atoms with van der Waals surface area (Å²) in [5.74, 6) is -2.38. The van der Waals surface area contributed by atoms with E-state index in [1.54, 1.807) is 24.3 Å². The summed E-state index contributed by atoms with van der Waals surface area (Å²) in [6, 6.07) is 7.36. The van der Waals surface area contributed by atoms with Crippen LogP contribution in [-0.2, 0) is 6.54 Å². The number of hydrogen-bond acceptors (Lipinski definition) is 3. The minimum atomic E-state index is -2.38. The van der Waals surface area contributed by atoms with Gasteiger partial charge in [-0.2, -0.15) is 8.78 Å². The van der Waals surface area contributed by atoms with Crippen LogP contribution in [0.2, 0.25) is 0 Å². The monoisotopic (exact) mass is 297 g/mol. The first-order valence-electron chi connectivity index (χ1n) is 6.35. The molecule has 0 spiro atoms. The molecule has 0 aliphatic rings. The van der Waals surface area contributed by atoms with E-state index in [1.165, 1.54) is 0 Å². The molecule has 3 nitrogen and oxygen atoms in total. The van der Waals surface area contributed by atoms with Gasteiger partial charge in [0.15, 0.2) is 0 Å². The Labute approximate surface area is 121 Å². The molecule has 0 bridgehead atoms. The molecule has 0 unspecified atom stereocenters. The summed E-state index contributed by atoms with van der Waals surface area (Å²) in [5, 5.41) is 3.27. The maximum atomic E-state index is 12.2. The molecule has 1 N–H and O–H groups in total. The second-order valence-corrected chi connectivity index (χ2v) is 5.71. The Bertz CT molecular complexity index is 538. The Morgan fingerprint density at radius 1 is 1.25 bits per heavy atom. The molecule has 0 amide bonds. The lowest BCUT2D eigenvalue weighted by Crippen LogP contribution is -2.08. The van der Waals surface area contributed by atoms with E-state index in [4.69, 9.17) is 0 Å². The van der Waals surface area contributed by atoms with Gasteiger partial charge in [-0.1, -0.05) is 11.8 Å². The third-order valence-corrected chi connectivity index (χ3v) is 3.58. The van der Waals surface area contributed by atoms with Gasteiger partial charge in [0.1, 0.15) is 0 Å². The number of benzene rings is 1. The van der Waals surface area contributed by atoms with Gasteiger partial charge in [-0.15, -0.1) is 0 Å². The number of hydrogen-bond donors (Lipinski definition) is 1. The topological polar surface area (TPSA) is 29.9 Å². The van der Waals surface area contributed by atoms with Crippen LogP contribution in [0.4, 0.5) is 14.5 Å². The third-order valence-electron chi connectivity index (χ3n) is 2.86. The quantitative estimate of drug-likeness (QED) is 0.802. The number of nitrogens with zero attached hydrogens (tertiary/aromatic N) is 2. The van der Waals surface area contributed by atoms with Crippen LogP contribution in [0.3, 0.4) is 0 Å². The Balaban J connectivity index is 1.95. The van der Waals surface area contributed by atoms with Gasteiger partial charge in [-0.25, -0.2) is 4.98 Å². The summed E-state index contributed by atoms with van der Waals surface area (Å²) in [5.41, 5.74) is 1.99.